The average molecular weight is 336 g/mol. The molecule has 1 amide bonds. The summed E-state index contributed by atoms with van der Waals surface area (Å²) in [5.74, 6) is -1.04. The Morgan fingerprint density at radius 2 is 2.04 bits per heavy atom. The van der Waals surface area contributed by atoms with Crippen LogP contribution in [0.3, 0.4) is 0 Å². The number of amides is 1. The Morgan fingerprint density at radius 1 is 1.30 bits per heavy atom. The molecule has 0 atom stereocenters. The van der Waals surface area contributed by atoms with Crippen molar-refractivity contribution >= 4 is 29.0 Å². The van der Waals surface area contributed by atoms with Crippen molar-refractivity contribution in [2.45, 2.75) is 4.90 Å². The molecule has 0 fully saturated rings. The van der Waals surface area contributed by atoms with Crippen molar-refractivity contribution in [1.29, 1.82) is 0 Å². The van der Waals surface area contributed by atoms with Gasteiger partial charge < -0.3 is 10.1 Å². The van der Waals surface area contributed by atoms with E-state index in [0.29, 0.717) is 5.75 Å². The van der Waals surface area contributed by atoms with Crippen LogP contribution < -0.4 is 10.1 Å². The Bertz CT molecular complexity index is 767. The van der Waals surface area contributed by atoms with E-state index >= 15 is 0 Å². The Balaban J connectivity index is 2.32. The highest BCUT2D eigenvalue weighted by Crippen LogP contribution is 2.27. The Labute approximate surface area is 135 Å². The Hall–Kier alpha value is -2.61. The molecule has 0 saturated carbocycles. The quantitative estimate of drug-likeness (QED) is 0.511. The average Bonchev–Trinajstić information content (AvgIpc) is 2.55. The lowest BCUT2D eigenvalue weighted by molar-refractivity contribution is -0.384. The first-order valence-electron chi connectivity index (χ1n) is 6.43. The lowest BCUT2D eigenvalue weighted by atomic mass is 10.1. The van der Waals surface area contributed by atoms with Crippen LogP contribution in [0.25, 0.3) is 0 Å². The minimum Gasteiger partial charge on any atom is -0.496 e. The van der Waals surface area contributed by atoms with Crippen LogP contribution in [0.5, 0.6) is 5.75 Å². The first kappa shape index (κ1) is 16.8. The second-order valence-corrected chi connectivity index (χ2v) is 5.32. The van der Waals surface area contributed by atoms with Gasteiger partial charge in [0.1, 0.15) is 11.6 Å². The van der Waals surface area contributed by atoms with E-state index in [1.807, 2.05) is 6.26 Å². The number of rotatable bonds is 5. The summed E-state index contributed by atoms with van der Waals surface area (Å²) in [5, 5.41) is 13.1. The van der Waals surface area contributed by atoms with Crippen LogP contribution >= 0.6 is 11.8 Å². The number of thioether (sulfide) groups is 1. The second kappa shape index (κ2) is 7.10. The number of ether oxygens (including phenoxy) is 1. The lowest BCUT2D eigenvalue weighted by Gasteiger charge is -2.11. The molecule has 0 bridgehead atoms. The SMILES string of the molecule is COc1cc(SC)ccc1C(=O)Nc1cc([N+](=O)[O-])ccc1F. The number of hydrogen-bond acceptors (Lipinski definition) is 5. The Kier molecular flexibility index (Phi) is 5.17. The summed E-state index contributed by atoms with van der Waals surface area (Å²) in [4.78, 5) is 23.3. The van der Waals surface area contributed by atoms with E-state index in [1.54, 1.807) is 18.2 Å². The predicted molar refractivity (Wildman–Crippen MR) is 85.8 cm³/mol. The highest BCUT2D eigenvalue weighted by molar-refractivity contribution is 7.98. The summed E-state index contributed by atoms with van der Waals surface area (Å²) >= 11 is 1.48. The number of anilines is 1. The molecule has 0 aromatic heterocycles. The van der Waals surface area contributed by atoms with Gasteiger partial charge in [0.05, 0.1) is 23.3 Å². The number of halogens is 1. The van der Waals surface area contributed by atoms with Crippen LogP contribution in [0.1, 0.15) is 10.4 Å². The fourth-order valence-corrected chi connectivity index (χ4v) is 2.33. The monoisotopic (exact) mass is 336 g/mol. The van der Waals surface area contributed by atoms with Crippen LogP contribution in [0.15, 0.2) is 41.3 Å². The number of nitro groups is 1. The van der Waals surface area contributed by atoms with E-state index in [4.69, 9.17) is 4.74 Å². The number of benzene rings is 2. The van der Waals surface area contributed by atoms with Gasteiger partial charge in [-0.15, -0.1) is 11.8 Å². The molecule has 0 aliphatic heterocycles. The molecule has 23 heavy (non-hydrogen) atoms. The summed E-state index contributed by atoms with van der Waals surface area (Å²) in [7, 11) is 1.42. The summed E-state index contributed by atoms with van der Waals surface area (Å²) < 4.78 is 18.9. The molecule has 120 valence electrons. The van der Waals surface area contributed by atoms with Gasteiger partial charge in [0.2, 0.25) is 0 Å². The number of nitro benzene ring substituents is 1. The predicted octanol–water partition coefficient (Wildman–Crippen LogP) is 3.72. The molecule has 0 heterocycles. The van der Waals surface area contributed by atoms with Gasteiger partial charge in [-0.3, -0.25) is 14.9 Å². The van der Waals surface area contributed by atoms with Crippen molar-refractivity contribution in [3.63, 3.8) is 0 Å². The van der Waals surface area contributed by atoms with Gasteiger partial charge in [-0.05, 0) is 30.5 Å². The van der Waals surface area contributed by atoms with Gasteiger partial charge in [-0.25, -0.2) is 4.39 Å². The highest BCUT2D eigenvalue weighted by Gasteiger charge is 2.17. The molecule has 1 N–H and O–H groups in total. The molecular formula is C15H13FN2O4S. The van der Waals surface area contributed by atoms with Gasteiger partial charge in [0.25, 0.3) is 11.6 Å². The fourth-order valence-electron chi connectivity index (χ4n) is 1.90. The van der Waals surface area contributed by atoms with E-state index in [0.717, 1.165) is 23.1 Å². The zero-order valence-electron chi connectivity index (χ0n) is 12.3. The van der Waals surface area contributed by atoms with Crippen molar-refractivity contribution in [2.75, 3.05) is 18.7 Å². The fraction of sp³-hybridized carbons (Fsp3) is 0.133. The molecule has 0 saturated heterocycles. The van der Waals surface area contributed by atoms with Gasteiger partial charge in [-0.1, -0.05) is 0 Å². The maximum absolute atomic E-state index is 13.7. The van der Waals surface area contributed by atoms with Crippen LogP contribution in [0.2, 0.25) is 0 Å². The highest BCUT2D eigenvalue weighted by atomic mass is 32.2. The normalized spacial score (nSPS) is 10.2. The van der Waals surface area contributed by atoms with Crippen molar-refractivity contribution in [1.82, 2.24) is 0 Å². The van der Waals surface area contributed by atoms with Gasteiger partial charge in [0.15, 0.2) is 0 Å². The molecule has 0 aliphatic carbocycles. The summed E-state index contributed by atoms with van der Waals surface area (Å²) in [5.41, 5.74) is -0.372. The third kappa shape index (κ3) is 3.78. The van der Waals surface area contributed by atoms with Crippen molar-refractivity contribution in [2.24, 2.45) is 0 Å². The van der Waals surface area contributed by atoms with E-state index in [1.165, 1.54) is 18.9 Å². The molecule has 0 spiro atoms. The van der Waals surface area contributed by atoms with E-state index < -0.39 is 16.6 Å². The topological polar surface area (TPSA) is 81.5 Å². The maximum Gasteiger partial charge on any atom is 0.271 e. The summed E-state index contributed by atoms with van der Waals surface area (Å²) in [6.07, 6.45) is 1.88. The van der Waals surface area contributed by atoms with Gasteiger partial charge in [-0.2, -0.15) is 0 Å². The van der Waals surface area contributed by atoms with E-state index in [2.05, 4.69) is 5.32 Å². The van der Waals surface area contributed by atoms with Gasteiger partial charge >= 0.3 is 0 Å². The number of nitrogens with one attached hydrogen (secondary N) is 1. The molecular weight excluding hydrogens is 323 g/mol. The zero-order chi connectivity index (χ0) is 17.0. The first-order chi connectivity index (χ1) is 11.0. The van der Waals surface area contributed by atoms with E-state index in [9.17, 15) is 19.3 Å². The smallest absolute Gasteiger partial charge is 0.271 e. The number of methoxy groups -OCH3 is 1. The summed E-state index contributed by atoms with van der Waals surface area (Å²) in [6, 6.07) is 7.89. The number of carbonyl (C=O) groups excluding carboxylic acids is 1. The van der Waals surface area contributed by atoms with Crippen LogP contribution in [0.4, 0.5) is 15.8 Å². The molecule has 2 aromatic carbocycles. The first-order valence-corrected chi connectivity index (χ1v) is 7.66. The van der Waals surface area contributed by atoms with Crippen LogP contribution in [-0.4, -0.2) is 24.2 Å². The van der Waals surface area contributed by atoms with Crippen molar-refractivity contribution in [3.8, 4) is 5.75 Å². The maximum atomic E-state index is 13.7. The zero-order valence-corrected chi connectivity index (χ0v) is 13.1. The molecule has 2 aromatic rings. The standard InChI is InChI=1S/C15H13FN2O4S/c1-22-14-8-10(23-2)4-5-11(14)15(19)17-13-7-9(18(20)21)3-6-12(13)16/h3-8H,1-2H3,(H,17,19). The number of nitrogens with zero attached hydrogens (tertiary/aromatic N) is 1. The molecule has 6 nitrogen and oxygen atoms in total. The van der Waals surface area contributed by atoms with Gasteiger partial charge in [0, 0.05) is 17.0 Å². The molecule has 8 heteroatoms. The van der Waals surface area contributed by atoms with Crippen LogP contribution in [-0.2, 0) is 0 Å². The number of hydrogen-bond donors (Lipinski definition) is 1. The largest absolute Gasteiger partial charge is 0.496 e. The molecule has 2 rings (SSSR count). The van der Waals surface area contributed by atoms with Crippen LogP contribution in [0, 0.1) is 15.9 Å². The molecule has 0 aliphatic rings. The second-order valence-electron chi connectivity index (χ2n) is 4.44. The Morgan fingerprint density at radius 3 is 2.65 bits per heavy atom. The van der Waals surface area contributed by atoms with Crippen molar-refractivity contribution < 1.29 is 18.8 Å². The minimum atomic E-state index is -0.761. The third-order valence-electron chi connectivity index (χ3n) is 3.06. The minimum absolute atomic E-state index is 0.205. The van der Waals surface area contributed by atoms with E-state index in [-0.39, 0.29) is 16.9 Å². The number of non-ortho nitro benzene ring substituents is 1. The molecule has 0 unspecified atom stereocenters. The lowest BCUT2D eigenvalue weighted by Crippen LogP contribution is -2.14. The van der Waals surface area contributed by atoms with Crippen molar-refractivity contribution in [3.05, 3.63) is 57.9 Å². The summed E-state index contributed by atoms with van der Waals surface area (Å²) in [6.45, 7) is 0. The molecule has 0 radical (unpaired) electrons. The third-order valence-corrected chi connectivity index (χ3v) is 3.79. The number of carbonyl (C=O) groups is 1.